The van der Waals surface area contributed by atoms with Gasteiger partial charge in [-0.2, -0.15) is 0 Å². The molecule has 1 aromatic heterocycles. The van der Waals surface area contributed by atoms with Crippen molar-refractivity contribution in [2.24, 2.45) is 0 Å². The van der Waals surface area contributed by atoms with Crippen molar-refractivity contribution in [3.8, 4) is 56.4 Å². The second-order valence-electron chi connectivity index (χ2n) is 16.3. The Labute approximate surface area is 342 Å². The third kappa shape index (κ3) is 5.04. The smallest absolute Gasteiger partial charge is 0.165 e. The summed E-state index contributed by atoms with van der Waals surface area (Å²) in [6.07, 6.45) is 0. The molecule has 0 saturated carbocycles. The van der Waals surface area contributed by atoms with Crippen molar-refractivity contribution >= 4 is 53.9 Å². The van der Waals surface area contributed by atoms with Crippen LogP contribution in [0, 0.1) is 0 Å². The molecule has 59 heavy (non-hydrogen) atoms. The van der Waals surface area contributed by atoms with Crippen molar-refractivity contribution < 1.29 is 0 Å². The first kappa shape index (κ1) is 33.6. The number of hydrogen-bond acceptors (Lipinski definition) is 3. The van der Waals surface area contributed by atoms with Crippen molar-refractivity contribution in [1.29, 1.82) is 0 Å². The van der Waals surface area contributed by atoms with E-state index >= 15 is 0 Å². The molecule has 12 rings (SSSR count). The maximum atomic E-state index is 5.59. The van der Waals surface area contributed by atoms with Crippen LogP contribution >= 0.6 is 0 Å². The fourth-order valence-electron chi connectivity index (χ4n) is 9.92. The lowest BCUT2D eigenvalue weighted by atomic mass is 9.80. The van der Waals surface area contributed by atoms with E-state index in [0.717, 1.165) is 54.7 Å². The minimum atomic E-state index is -0.159. The van der Waals surface area contributed by atoms with Gasteiger partial charge in [-0.3, -0.25) is 0 Å². The minimum absolute atomic E-state index is 0.159. The van der Waals surface area contributed by atoms with Crippen molar-refractivity contribution in [1.82, 2.24) is 15.0 Å². The largest absolute Gasteiger partial charge is 0.208 e. The van der Waals surface area contributed by atoms with Gasteiger partial charge in [-0.15, -0.1) is 0 Å². The zero-order chi connectivity index (χ0) is 39.2. The van der Waals surface area contributed by atoms with Gasteiger partial charge in [-0.25, -0.2) is 15.0 Å². The molecule has 0 unspecified atom stereocenters. The highest BCUT2D eigenvalue weighted by atomic mass is 15.0. The summed E-state index contributed by atoms with van der Waals surface area (Å²) in [4.78, 5) is 16.6. The Morgan fingerprint density at radius 2 is 0.797 bits per heavy atom. The number of fused-ring (bicyclic) bond motifs is 10. The first-order valence-corrected chi connectivity index (χ1v) is 20.4. The second-order valence-corrected chi connectivity index (χ2v) is 16.3. The van der Waals surface area contributed by atoms with Gasteiger partial charge < -0.3 is 0 Å². The van der Waals surface area contributed by atoms with Crippen LogP contribution < -0.4 is 0 Å². The summed E-state index contributed by atoms with van der Waals surface area (Å²) in [5, 5.41) is 11.5. The van der Waals surface area contributed by atoms with E-state index in [1.807, 2.05) is 0 Å². The van der Waals surface area contributed by atoms with Gasteiger partial charge in [0.05, 0.1) is 0 Å². The Balaban J connectivity index is 1.22. The minimum Gasteiger partial charge on any atom is -0.208 e. The van der Waals surface area contributed by atoms with E-state index in [1.165, 1.54) is 49.2 Å². The maximum absolute atomic E-state index is 5.59. The summed E-state index contributed by atoms with van der Waals surface area (Å²) in [5.41, 5.74) is 10.4. The highest BCUT2D eigenvalue weighted by molar-refractivity contribution is 6.21. The fourth-order valence-corrected chi connectivity index (χ4v) is 9.92. The Kier molecular flexibility index (Phi) is 7.27. The van der Waals surface area contributed by atoms with Gasteiger partial charge in [0.15, 0.2) is 17.5 Å². The predicted octanol–water partition coefficient (Wildman–Crippen LogP) is 14.6. The molecule has 0 atom stereocenters. The standard InChI is InChI=1S/C56H37N3/c1-56(2)49-29-14-13-25-43(49)44-31-30-36(33-50(44)56)51-45-26-11-9-22-40(45)41-23-10-12-27-46(41)52(51)55-58-53(47-28-15-18-34-16-3-5-19-37(34)47)57-54(59-55)48-32-35-17-4-6-20-38(35)39-21-7-8-24-42(39)48/h3-33H,1-2H3. The summed E-state index contributed by atoms with van der Waals surface area (Å²) in [6, 6.07) is 67.8. The lowest BCUT2D eigenvalue weighted by molar-refractivity contribution is 0.660. The molecular formula is C56H37N3. The third-order valence-corrected chi connectivity index (χ3v) is 12.7. The van der Waals surface area contributed by atoms with Gasteiger partial charge in [-0.05, 0) is 93.8 Å². The molecule has 3 heteroatoms. The van der Waals surface area contributed by atoms with Crippen LogP contribution in [0.25, 0.3) is 110 Å². The van der Waals surface area contributed by atoms with E-state index in [2.05, 4.69) is 202 Å². The van der Waals surface area contributed by atoms with Crippen molar-refractivity contribution in [3.05, 3.63) is 199 Å². The van der Waals surface area contributed by atoms with Crippen LogP contribution in [-0.2, 0) is 5.41 Å². The summed E-state index contributed by atoms with van der Waals surface area (Å²) in [7, 11) is 0. The molecule has 0 N–H and O–H groups in total. The van der Waals surface area contributed by atoms with Crippen LogP contribution in [0.4, 0.5) is 0 Å². The fraction of sp³-hybridized carbons (Fsp3) is 0.0536. The molecule has 10 aromatic carbocycles. The van der Waals surface area contributed by atoms with Gasteiger partial charge in [-0.1, -0.05) is 190 Å². The molecule has 0 saturated heterocycles. The van der Waals surface area contributed by atoms with E-state index in [4.69, 9.17) is 15.0 Å². The molecule has 1 heterocycles. The van der Waals surface area contributed by atoms with E-state index in [1.54, 1.807) is 0 Å². The van der Waals surface area contributed by atoms with Crippen molar-refractivity contribution in [2.45, 2.75) is 19.3 Å². The molecule has 0 aliphatic heterocycles. The lowest BCUT2D eigenvalue weighted by Gasteiger charge is -2.23. The third-order valence-electron chi connectivity index (χ3n) is 12.7. The van der Waals surface area contributed by atoms with Crippen LogP contribution in [0.2, 0.25) is 0 Å². The zero-order valence-corrected chi connectivity index (χ0v) is 32.7. The zero-order valence-electron chi connectivity index (χ0n) is 32.7. The van der Waals surface area contributed by atoms with Gasteiger partial charge in [0.25, 0.3) is 0 Å². The quantitative estimate of drug-likeness (QED) is 0.168. The molecule has 0 fully saturated rings. The van der Waals surface area contributed by atoms with Gasteiger partial charge >= 0.3 is 0 Å². The van der Waals surface area contributed by atoms with Crippen molar-refractivity contribution in [3.63, 3.8) is 0 Å². The highest BCUT2D eigenvalue weighted by Crippen LogP contribution is 2.51. The topological polar surface area (TPSA) is 38.7 Å². The molecule has 3 nitrogen and oxygen atoms in total. The average Bonchev–Trinajstić information content (AvgIpc) is 3.53. The Morgan fingerprint density at radius 3 is 1.54 bits per heavy atom. The summed E-state index contributed by atoms with van der Waals surface area (Å²) >= 11 is 0. The number of nitrogens with zero attached hydrogens (tertiary/aromatic N) is 3. The summed E-state index contributed by atoms with van der Waals surface area (Å²) in [5.74, 6) is 1.94. The van der Waals surface area contributed by atoms with Gasteiger partial charge in [0.2, 0.25) is 0 Å². The normalized spacial score (nSPS) is 13.1. The Bertz CT molecular complexity index is 3540. The number of hydrogen-bond donors (Lipinski definition) is 0. The van der Waals surface area contributed by atoms with Crippen LogP contribution in [0.3, 0.4) is 0 Å². The highest BCUT2D eigenvalue weighted by Gasteiger charge is 2.36. The lowest BCUT2D eigenvalue weighted by Crippen LogP contribution is -2.15. The molecule has 0 radical (unpaired) electrons. The Hall–Kier alpha value is -7.49. The van der Waals surface area contributed by atoms with Gasteiger partial charge in [0, 0.05) is 27.7 Å². The van der Waals surface area contributed by atoms with Crippen LogP contribution in [-0.4, -0.2) is 15.0 Å². The number of aromatic nitrogens is 3. The summed E-state index contributed by atoms with van der Waals surface area (Å²) in [6.45, 7) is 4.70. The van der Waals surface area contributed by atoms with Crippen LogP contribution in [0.1, 0.15) is 25.0 Å². The molecular weight excluding hydrogens is 715 g/mol. The molecule has 0 amide bonds. The predicted molar refractivity (Wildman–Crippen MR) is 247 cm³/mol. The second kappa shape index (κ2) is 12.8. The molecule has 0 bridgehead atoms. The summed E-state index contributed by atoms with van der Waals surface area (Å²) < 4.78 is 0. The molecule has 1 aliphatic rings. The number of rotatable bonds is 4. The van der Waals surface area contributed by atoms with Crippen LogP contribution in [0.15, 0.2) is 188 Å². The maximum Gasteiger partial charge on any atom is 0.165 e. The molecule has 276 valence electrons. The first-order valence-electron chi connectivity index (χ1n) is 20.4. The van der Waals surface area contributed by atoms with E-state index < -0.39 is 0 Å². The average molecular weight is 752 g/mol. The van der Waals surface area contributed by atoms with E-state index in [9.17, 15) is 0 Å². The van der Waals surface area contributed by atoms with E-state index in [0.29, 0.717) is 17.5 Å². The van der Waals surface area contributed by atoms with Crippen molar-refractivity contribution in [2.75, 3.05) is 0 Å². The van der Waals surface area contributed by atoms with Crippen LogP contribution in [0.5, 0.6) is 0 Å². The molecule has 11 aromatic rings. The monoisotopic (exact) mass is 751 g/mol. The first-order chi connectivity index (χ1) is 29.0. The van der Waals surface area contributed by atoms with E-state index in [-0.39, 0.29) is 5.41 Å². The SMILES string of the molecule is CC1(C)c2ccccc2-c2ccc(-c3c(-c4nc(-c5cccc6ccccc56)nc(-c5cc6ccccc6c6ccccc56)n4)c4ccccc4c4ccccc34)cc21. The molecule has 0 spiro atoms. The number of benzene rings is 10. The molecule has 1 aliphatic carbocycles. The Morgan fingerprint density at radius 1 is 0.305 bits per heavy atom. The van der Waals surface area contributed by atoms with Gasteiger partial charge in [0.1, 0.15) is 0 Å².